The maximum Gasteiger partial charge on any atom is 0.368 e. The molecule has 0 spiro atoms. The van der Waals surface area contributed by atoms with Gasteiger partial charge in [-0.15, -0.1) is 11.3 Å². The number of nitro groups is 1. The fraction of sp³-hybridized carbons (Fsp3) is 0.222. The molecule has 0 unspecified atom stereocenters. The van der Waals surface area contributed by atoms with Gasteiger partial charge in [-0.1, -0.05) is 0 Å². The van der Waals surface area contributed by atoms with Crippen molar-refractivity contribution < 1.29 is 4.92 Å². The lowest BCUT2D eigenvalue weighted by molar-refractivity contribution is -0.379. The first kappa shape index (κ1) is 11.8. The molecular weight excluding hydrogens is 260 g/mol. The molecule has 0 aliphatic rings. The number of nitrogens with zero attached hydrogens (tertiary/aromatic N) is 3. The van der Waals surface area contributed by atoms with Crippen LogP contribution in [0.15, 0.2) is 12.1 Å². The Morgan fingerprint density at radius 1 is 1.41 bits per heavy atom. The molecule has 0 fully saturated rings. The van der Waals surface area contributed by atoms with Gasteiger partial charge in [-0.2, -0.15) is 0 Å². The monoisotopic (exact) mass is 270 g/mol. The van der Waals surface area contributed by atoms with E-state index in [1.54, 1.807) is 0 Å². The highest BCUT2D eigenvalue weighted by molar-refractivity contribution is 7.25. The molecule has 0 saturated heterocycles. The number of aromatic nitrogens is 1. The minimum absolute atomic E-state index is 0.0187. The second-order valence-electron chi connectivity index (χ2n) is 3.50. The van der Waals surface area contributed by atoms with Crippen LogP contribution < -0.4 is 10.6 Å². The SMILES string of the molecule is CN(C)c1ccc(-c2nc(N)c([N+](=O)[O-])s2)s1. The number of anilines is 2. The number of thiophene rings is 1. The fourth-order valence-electron chi connectivity index (χ4n) is 1.24. The molecule has 0 amide bonds. The zero-order valence-electron chi connectivity index (χ0n) is 9.21. The van der Waals surface area contributed by atoms with Crippen LogP contribution in [0, 0.1) is 10.1 Å². The van der Waals surface area contributed by atoms with Crippen LogP contribution in [0.5, 0.6) is 0 Å². The summed E-state index contributed by atoms with van der Waals surface area (Å²) in [4.78, 5) is 17.0. The van der Waals surface area contributed by atoms with Crippen LogP contribution in [0.2, 0.25) is 0 Å². The van der Waals surface area contributed by atoms with Crippen LogP contribution in [0.3, 0.4) is 0 Å². The molecular formula is C9H10N4O2S2. The smallest absolute Gasteiger partial charge is 0.368 e. The zero-order valence-corrected chi connectivity index (χ0v) is 10.8. The number of hydrogen-bond acceptors (Lipinski definition) is 7. The normalized spacial score (nSPS) is 10.5. The van der Waals surface area contributed by atoms with Gasteiger partial charge in [-0.3, -0.25) is 10.1 Å². The van der Waals surface area contributed by atoms with Crippen molar-refractivity contribution in [1.82, 2.24) is 4.98 Å². The largest absolute Gasteiger partial charge is 0.377 e. The quantitative estimate of drug-likeness (QED) is 0.684. The molecule has 2 aromatic heterocycles. The molecule has 2 aromatic rings. The Morgan fingerprint density at radius 2 is 2.12 bits per heavy atom. The van der Waals surface area contributed by atoms with Crippen molar-refractivity contribution in [3.63, 3.8) is 0 Å². The van der Waals surface area contributed by atoms with Crippen LogP contribution in [0.1, 0.15) is 0 Å². The van der Waals surface area contributed by atoms with Gasteiger partial charge in [-0.05, 0) is 23.5 Å². The third-order valence-electron chi connectivity index (χ3n) is 2.04. The summed E-state index contributed by atoms with van der Waals surface area (Å²) < 4.78 is 0. The highest BCUT2D eigenvalue weighted by Crippen LogP contribution is 2.39. The van der Waals surface area contributed by atoms with Gasteiger partial charge in [0.15, 0.2) is 0 Å². The molecule has 0 aromatic carbocycles. The summed E-state index contributed by atoms with van der Waals surface area (Å²) in [5.74, 6) is -0.0187. The first-order chi connectivity index (χ1) is 7.99. The van der Waals surface area contributed by atoms with Gasteiger partial charge in [-0.25, -0.2) is 4.98 Å². The average molecular weight is 270 g/mol. The standard InChI is InChI=1S/C9H10N4O2S2/c1-12(2)6-4-3-5(16-6)8-11-7(10)9(17-8)13(14)15/h3-4H,10H2,1-2H3. The van der Waals surface area contributed by atoms with Crippen molar-refractivity contribution in [3.05, 3.63) is 22.2 Å². The minimum Gasteiger partial charge on any atom is -0.377 e. The fourth-order valence-corrected chi connectivity index (χ4v) is 3.03. The van der Waals surface area contributed by atoms with Crippen LogP contribution >= 0.6 is 22.7 Å². The number of thiazole rings is 1. The van der Waals surface area contributed by atoms with Gasteiger partial charge < -0.3 is 10.6 Å². The summed E-state index contributed by atoms with van der Waals surface area (Å²) >= 11 is 2.53. The lowest BCUT2D eigenvalue weighted by atomic mass is 10.5. The summed E-state index contributed by atoms with van der Waals surface area (Å²) in [7, 11) is 3.88. The summed E-state index contributed by atoms with van der Waals surface area (Å²) in [6.07, 6.45) is 0. The van der Waals surface area contributed by atoms with Gasteiger partial charge in [0.25, 0.3) is 0 Å². The number of rotatable bonds is 3. The maximum atomic E-state index is 10.7. The second kappa shape index (κ2) is 4.30. The van der Waals surface area contributed by atoms with E-state index in [-0.39, 0.29) is 10.8 Å². The van der Waals surface area contributed by atoms with E-state index < -0.39 is 4.92 Å². The van der Waals surface area contributed by atoms with Crippen molar-refractivity contribution in [1.29, 1.82) is 0 Å². The summed E-state index contributed by atoms with van der Waals surface area (Å²) in [5.41, 5.74) is 5.50. The zero-order chi connectivity index (χ0) is 12.6. The van der Waals surface area contributed by atoms with E-state index in [0.29, 0.717) is 5.01 Å². The Balaban J connectivity index is 2.39. The van der Waals surface area contributed by atoms with Gasteiger partial charge in [0.1, 0.15) is 5.01 Å². The number of nitrogens with two attached hydrogens (primary N) is 1. The molecule has 2 heterocycles. The van der Waals surface area contributed by atoms with E-state index in [1.165, 1.54) is 11.3 Å². The molecule has 8 heteroatoms. The van der Waals surface area contributed by atoms with Crippen LogP contribution in [0.4, 0.5) is 15.8 Å². The van der Waals surface area contributed by atoms with Gasteiger partial charge in [0.2, 0.25) is 5.82 Å². The predicted molar refractivity (Wildman–Crippen MR) is 70.8 cm³/mol. The second-order valence-corrected chi connectivity index (χ2v) is 5.54. The Kier molecular flexibility index (Phi) is 2.99. The van der Waals surface area contributed by atoms with E-state index in [1.807, 2.05) is 31.1 Å². The third kappa shape index (κ3) is 2.22. The minimum atomic E-state index is -0.503. The van der Waals surface area contributed by atoms with E-state index >= 15 is 0 Å². The highest BCUT2D eigenvalue weighted by atomic mass is 32.1. The first-order valence-electron chi connectivity index (χ1n) is 4.67. The van der Waals surface area contributed by atoms with E-state index in [9.17, 15) is 10.1 Å². The Labute approximate surface area is 105 Å². The lowest BCUT2D eigenvalue weighted by Crippen LogP contribution is -2.05. The molecule has 17 heavy (non-hydrogen) atoms. The van der Waals surface area contributed by atoms with E-state index in [0.717, 1.165) is 21.2 Å². The predicted octanol–water partition coefficient (Wildman–Crippen LogP) is 2.43. The number of nitrogen functional groups attached to an aromatic ring is 1. The Bertz CT molecular complexity index is 561. The summed E-state index contributed by atoms with van der Waals surface area (Å²) in [6, 6.07) is 3.84. The van der Waals surface area contributed by atoms with Gasteiger partial charge in [0, 0.05) is 14.1 Å². The topological polar surface area (TPSA) is 85.3 Å². The van der Waals surface area contributed by atoms with Crippen molar-refractivity contribution in [2.75, 3.05) is 24.7 Å². The van der Waals surface area contributed by atoms with Crippen LogP contribution in [-0.2, 0) is 0 Å². The molecule has 0 atom stereocenters. The lowest BCUT2D eigenvalue weighted by Gasteiger charge is -2.06. The molecule has 90 valence electrons. The van der Waals surface area contributed by atoms with Crippen molar-refractivity contribution >= 4 is 38.5 Å². The van der Waals surface area contributed by atoms with Gasteiger partial charge in [0.05, 0.1) is 14.8 Å². The van der Waals surface area contributed by atoms with Crippen LogP contribution in [-0.4, -0.2) is 24.0 Å². The van der Waals surface area contributed by atoms with Gasteiger partial charge >= 0.3 is 5.00 Å². The van der Waals surface area contributed by atoms with E-state index in [4.69, 9.17) is 5.73 Å². The van der Waals surface area contributed by atoms with Crippen molar-refractivity contribution in [2.24, 2.45) is 0 Å². The highest BCUT2D eigenvalue weighted by Gasteiger charge is 2.20. The average Bonchev–Trinajstić information content (AvgIpc) is 2.82. The molecule has 2 rings (SSSR count). The van der Waals surface area contributed by atoms with E-state index in [2.05, 4.69) is 4.98 Å². The van der Waals surface area contributed by atoms with Crippen LogP contribution in [0.25, 0.3) is 9.88 Å². The summed E-state index contributed by atoms with van der Waals surface area (Å²) in [5, 5.41) is 12.2. The van der Waals surface area contributed by atoms with Crippen molar-refractivity contribution in [2.45, 2.75) is 0 Å². The summed E-state index contributed by atoms with van der Waals surface area (Å²) in [6.45, 7) is 0. The molecule has 0 saturated carbocycles. The number of hydrogen-bond donors (Lipinski definition) is 1. The Morgan fingerprint density at radius 3 is 2.59 bits per heavy atom. The molecule has 2 N–H and O–H groups in total. The third-order valence-corrected chi connectivity index (χ3v) is 4.49. The molecule has 0 radical (unpaired) electrons. The molecule has 0 aliphatic carbocycles. The van der Waals surface area contributed by atoms with Crippen molar-refractivity contribution in [3.8, 4) is 9.88 Å². The maximum absolute atomic E-state index is 10.7. The molecule has 6 nitrogen and oxygen atoms in total. The molecule has 0 bridgehead atoms. The Hall–Kier alpha value is -1.67. The first-order valence-corrected chi connectivity index (χ1v) is 6.30. The molecule has 0 aliphatic heterocycles.